The van der Waals surface area contributed by atoms with E-state index in [0.29, 0.717) is 12.3 Å². The molecule has 0 bridgehead atoms. The summed E-state index contributed by atoms with van der Waals surface area (Å²) in [5.74, 6) is 0.776. The minimum atomic E-state index is -0.850. The summed E-state index contributed by atoms with van der Waals surface area (Å²) in [5.41, 5.74) is -0.175. The highest BCUT2D eigenvalue weighted by atomic mass is 16.3. The smallest absolute Gasteiger partial charge is 0.0952 e. The molecule has 1 aromatic rings. The van der Waals surface area contributed by atoms with Gasteiger partial charge >= 0.3 is 0 Å². The van der Waals surface area contributed by atoms with Crippen molar-refractivity contribution >= 4 is 0 Å². The molecule has 0 heterocycles. The average molecular weight is 403 g/mol. The van der Waals surface area contributed by atoms with Crippen LogP contribution in [0.1, 0.15) is 64.4 Å². The summed E-state index contributed by atoms with van der Waals surface area (Å²) in [5, 5.41) is 42.6. The lowest BCUT2D eigenvalue weighted by molar-refractivity contribution is -0.153. The monoisotopic (exact) mass is 402 g/mol. The highest BCUT2D eigenvalue weighted by Crippen LogP contribution is 2.67. The molecule has 0 amide bonds. The fraction of sp³-hybridized carbons (Fsp3) is 0.760. The van der Waals surface area contributed by atoms with E-state index in [2.05, 4.69) is 13.8 Å². The van der Waals surface area contributed by atoms with Crippen LogP contribution >= 0.6 is 0 Å². The number of fused-ring (bicyclic) bond motifs is 1. The number of aliphatic hydroxyl groups is 4. The Morgan fingerprint density at radius 2 is 1.59 bits per heavy atom. The summed E-state index contributed by atoms with van der Waals surface area (Å²) in [6, 6.07) is 10.1. The van der Waals surface area contributed by atoms with Crippen LogP contribution in [0.4, 0.5) is 0 Å². The topological polar surface area (TPSA) is 80.9 Å². The lowest BCUT2D eigenvalue weighted by Gasteiger charge is -2.58. The molecule has 1 aromatic carbocycles. The van der Waals surface area contributed by atoms with Gasteiger partial charge in [-0.2, -0.15) is 0 Å². The first-order valence-corrected chi connectivity index (χ1v) is 11.5. The number of rotatable bonds is 4. The Hall–Kier alpha value is -0.940. The maximum absolute atomic E-state index is 11.9. The van der Waals surface area contributed by atoms with Gasteiger partial charge < -0.3 is 20.4 Å². The van der Waals surface area contributed by atoms with Crippen molar-refractivity contribution in [3.05, 3.63) is 35.9 Å². The van der Waals surface area contributed by atoms with E-state index in [-0.39, 0.29) is 47.9 Å². The van der Waals surface area contributed by atoms with Gasteiger partial charge in [0, 0.05) is 18.6 Å². The van der Waals surface area contributed by atoms with Crippen LogP contribution in [0.15, 0.2) is 30.3 Å². The lowest BCUT2D eigenvalue weighted by atomic mass is 9.48. The normalized spacial score (nSPS) is 47.7. The van der Waals surface area contributed by atoms with Gasteiger partial charge in [-0.05, 0) is 79.6 Å². The Kier molecular flexibility index (Phi) is 5.61. The minimum Gasteiger partial charge on any atom is -0.396 e. The molecule has 3 aliphatic rings. The Morgan fingerprint density at radius 3 is 2.24 bits per heavy atom. The molecule has 4 heteroatoms. The summed E-state index contributed by atoms with van der Waals surface area (Å²) in [6.07, 6.45) is 5.54. The van der Waals surface area contributed by atoms with E-state index in [1.165, 1.54) is 0 Å². The van der Waals surface area contributed by atoms with Crippen LogP contribution in [0.25, 0.3) is 0 Å². The van der Waals surface area contributed by atoms with E-state index >= 15 is 0 Å². The lowest BCUT2D eigenvalue weighted by Crippen LogP contribution is -2.55. The van der Waals surface area contributed by atoms with Crippen molar-refractivity contribution in [2.45, 2.75) is 70.5 Å². The van der Waals surface area contributed by atoms with Crippen molar-refractivity contribution in [3.8, 4) is 0 Å². The molecule has 29 heavy (non-hydrogen) atoms. The first-order chi connectivity index (χ1) is 13.8. The van der Waals surface area contributed by atoms with Gasteiger partial charge in [-0.3, -0.25) is 0 Å². The molecule has 8 atom stereocenters. The van der Waals surface area contributed by atoms with Crippen molar-refractivity contribution in [2.75, 3.05) is 13.2 Å². The standard InChI is InChI=1S/C25H38O4/c1-23(11-8-19(28)14-18(23)15-26)21-9-12-24(2)22(20(21)16-27)10-13-25(24,29)17-6-4-3-5-7-17/h3-7,18-22,26-29H,8-16H2,1-2H3/t18-,19+,20-,21+,22+,23-,24+,25-/m1/s1. The molecular formula is C25H38O4. The summed E-state index contributed by atoms with van der Waals surface area (Å²) < 4.78 is 0. The Morgan fingerprint density at radius 1 is 0.897 bits per heavy atom. The average Bonchev–Trinajstić information content (AvgIpc) is 3.01. The van der Waals surface area contributed by atoms with Gasteiger partial charge in [0.1, 0.15) is 0 Å². The number of hydrogen-bond donors (Lipinski definition) is 4. The molecule has 0 aliphatic heterocycles. The molecule has 0 radical (unpaired) electrons. The van der Waals surface area contributed by atoms with Crippen LogP contribution in [-0.4, -0.2) is 39.7 Å². The van der Waals surface area contributed by atoms with E-state index < -0.39 is 5.60 Å². The van der Waals surface area contributed by atoms with Gasteiger partial charge in [0.25, 0.3) is 0 Å². The second-order valence-corrected chi connectivity index (χ2v) is 10.6. The van der Waals surface area contributed by atoms with Crippen molar-refractivity contribution < 1.29 is 20.4 Å². The Balaban J connectivity index is 1.66. The van der Waals surface area contributed by atoms with Crippen LogP contribution in [0.3, 0.4) is 0 Å². The molecule has 0 unspecified atom stereocenters. The molecule has 3 saturated carbocycles. The maximum Gasteiger partial charge on any atom is 0.0952 e. The maximum atomic E-state index is 11.9. The van der Waals surface area contributed by atoms with Gasteiger partial charge in [0.2, 0.25) is 0 Å². The minimum absolute atomic E-state index is 0.0732. The Labute approximate surface area is 175 Å². The molecule has 3 aliphatic carbocycles. The van der Waals surface area contributed by atoms with Crippen LogP contribution in [-0.2, 0) is 5.60 Å². The van der Waals surface area contributed by atoms with Gasteiger partial charge in [-0.25, -0.2) is 0 Å². The fourth-order valence-corrected chi connectivity index (χ4v) is 7.73. The highest BCUT2D eigenvalue weighted by molar-refractivity contribution is 5.29. The molecule has 4 nitrogen and oxygen atoms in total. The van der Waals surface area contributed by atoms with Gasteiger partial charge in [0.15, 0.2) is 0 Å². The molecule has 4 N–H and O–H groups in total. The number of hydrogen-bond acceptors (Lipinski definition) is 4. The largest absolute Gasteiger partial charge is 0.396 e. The van der Waals surface area contributed by atoms with Crippen LogP contribution < -0.4 is 0 Å². The van der Waals surface area contributed by atoms with Gasteiger partial charge in [-0.15, -0.1) is 0 Å². The molecular weight excluding hydrogens is 364 g/mol. The molecule has 0 aromatic heterocycles. The van der Waals surface area contributed by atoms with Gasteiger partial charge in [0.05, 0.1) is 11.7 Å². The van der Waals surface area contributed by atoms with Crippen molar-refractivity contribution in [3.63, 3.8) is 0 Å². The quantitative estimate of drug-likeness (QED) is 0.622. The van der Waals surface area contributed by atoms with E-state index in [4.69, 9.17) is 0 Å². The molecule has 3 fully saturated rings. The number of benzene rings is 1. The zero-order valence-corrected chi connectivity index (χ0v) is 17.9. The van der Waals surface area contributed by atoms with Crippen LogP contribution in [0, 0.1) is 34.5 Å². The Bertz CT molecular complexity index is 708. The first-order valence-electron chi connectivity index (χ1n) is 11.5. The zero-order valence-electron chi connectivity index (χ0n) is 17.9. The summed E-state index contributed by atoms with van der Waals surface area (Å²) in [4.78, 5) is 0. The van der Waals surface area contributed by atoms with Crippen molar-refractivity contribution in [2.24, 2.45) is 34.5 Å². The summed E-state index contributed by atoms with van der Waals surface area (Å²) in [7, 11) is 0. The second-order valence-electron chi connectivity index (χ2n) is 10.6. The third kappa shape index (κ3) is 3.10. The SMILES string of the molecule is C[C@@]1([C@H]2CC[C@@]3(C)[C@@H](CC[C@@]3(O)c3ccccc3)[C@@H]2CO)CC[C@H](O)C[C@@H]1CO. The highest BCUT2D eigenvalue weighted by Gasteiger charge is 2.63. The number of aliphatic hydroxyl groups excluding tert-OH is 3. The third-order valence-electron chi connectivity index (χ3n) is 9.62. The summed E-state index contributed by atoms with van der Waals surface area (Å²) in [6.45, 7) is 4.73. The van der Waals surface area contributed by atoms with Crippen molar-refractivity contribution in [1.82, 2.24) is 0 Å². The fourth-order valence-electron chi connectivity index (χ4n) is 7.73. The third-order valence-corrected chi connectivity index (χ3v) is 9.62. The van der Waals surface area contributed by atoms with Crippen molar-refractivity contribution in [1.29, 1.82) is 0 Å². The zero-order chi connectivity index (χ0) is 20.9. The molecule has 0 saturated heterocycles. The van der Waals surface area contributed by atoms with Gasteiger partial charge in [-0.1, -0.05) is 44.2 Å². The molecule has 0 spiro atoms. The second kappa shape index (κ2) is 7.64. The van der Waals surface area contributed by atoms with E-state index in [9.17, 15) is 20.4 Å². The first kappa shape index (κ1) is 21.3. The molecule has 162 valence electrons. The van der Waals surface area contributed by atoms with E-state index in [1.807, 2.05) is 30.3 Å². The van der Waals surface area contributed by atoms with Crippen LogP contribution in [0.5, 0.6) is 0 Å². The van der Waals surface area contributed by atoms with E-state index in [1.54, 1.807) is 0 Å². The van der Waals surface area contributed by atoms with Crippen LogP contribution in [0.2, 0.25) is 0 Å². The van der Waals surface area contributed by atoms with E-state index in [0.717, 1.165) is 44.1 Å². The molecule has 4 rings (SSSR count). The summed E-state index contributed by atoms with van der Waals surface area (Å²) >= 11 is 0. The predicted octanol–water partition coefficient (Wildman–Crippen LogP) is 3.47. The predicted molar refractivity (Wildman–Crippen MR) is 113 cm³/mol.